The highest BCUT2D eigenvalue weighted by Crippen LogP contribution is 2.18. The summed E-state index contributed by atoms with van der Waals surface area (Å²) in [5, 5.41) is 0. The Hall–Kier alpha value is -0.780. The number of aromatic nitrogens is 2. The van der Waals surface area contributed by atoms with Crippen molar-refractivity contribution in [3.63, 3.8) is 0 Å². The summed E-state index contributed by atoms with van der Waals surface area (Å²) in [5.41, 5.74) is 0.125. The quantitative estimate of drug-likeness (QED) is 0.852. The van der Waals surface area contributed by atoms with E-state index in [2.05, 4.69) is 20.9 Å². The van der Waals surface area contributed by atoms with Gasteiger partial charge in [-0.2, -0.15) is 0 Å². The molecule has 0 bridgehead atoms. The topological polar surface area (TPSA) is 34.9 Å². The van der Waals surface area contributed by atoms with Gasteiger partial charge >= 0.3 is 0 Å². The number of alkyl halides is 2. The first kappa shape index (κ1) is 12.3. The molecule has 3 nitrogen and oxygen atoms in total. The van der Waals surface area contributed by atoms with Gasteiger partial charge in [-0.25, -0.2) is 13.8 Å². The monoisotopic (exact) mass is 280 g/mol. The lowest BCUT2D eigenvalue weighted by atomic mass is 10.1. The van der Waals surface area contributed by atoms with E-state index >= 15 is 0 Å². The Bertz CT molecular complexity index is 404. The number of nitrogens with zero attached hydrogens (tertiary/aromatic N) is 2. The van der Waals surface area contributed by atoms with Gasteiger partial charge in [-0.05, 0) is 21.8 Å². The predicted octanol–water partition coefficient (Wildman–Crippen LogP) is 2.39. The average molecular weight is 281 g/mol. The summed E-state index contributed by atoms with van der Waals surface area (Å²) in [6.07, 6.45) is -1.39. The van der Waals surface area contributed by atoms with Crippen LogP contribution in [0.2, 0.25) is 0 Å². The van der Waals surface area contributed by atoms with E-state index < -0.39 is 18.5 Å². The van der Waals surface area contributed by atoms with Gasteiger partial charge < -0.3 is 0 Å². The first-order chi connectivity index (χ1) is 6.93. The van der Waals surface area contributed by atoms with Crippen LogP contribution in [-0.2, 0) is 6.54 Å². The predicted molar refractivity (Wildman–Crippen MR) is 56.3 cm³/mol. The first-order valence-corrected chi connectivity index (χ1v) is 5.25. The molecule has 84 valence electrons. The second kappa shape index (κ2) is 4.83. The molecule has 1 heterocycles. The molecule has 0 aliphatic heterocycles. The van der Waals surface area contributed by atoms with Crippen LogP contribution in [0.25, 0.3) is 0 Å². The zero-order valence-electron chi connectivity index (χ0n) is 8.38. The van der Waals surface area contributed by atoms with Crippen LogP contribution in [0.3, 0.4) is 0 Å². The van der Waals surface area contributed by atoms with Crippen LogP contribution in [0.5, 0.6) is 0 Å². The molecule has 0 fully saturated rings. The number of hydrogen-bond acceptors (Lipinski definition) is 2. The summed E-state index contributed by atoms with van der Waals surface area (Å²) in [5.74, 6) is 0.0771. The summed E-state index contributed by atoms with van der Waals surface area (Å²) in [6.45, 7) is 3.14. The standard InChI is InChI=1S/C9H11BrF2N2O/c1-5(2)8-7(10)9(15)14(4-13-8)3-6(11)12/h4-6H,3H2,1-2H3. The molecule has 1 aromatic heterocycles. The average Bonchev–Trinajstić information content (AvgIpc) is 2.12. The highest BCUT2D eigenvalue weighted by atomic mass is 79.9. The van der Waals surface area contributed by atoms with Gasteiger partial charge in [0.1, 0.15) is 4.47 Å². The van der Waals surface area contributed by atoms with Crippen LogP contribution < -0.4 is 5.56 Å². The third kappa shape index (κ3) is 2.84. The minimum atomic E-state index is -2.55. The maximum absolute atomic E-state index is 12.1. The number of halogens is 3. The Labute approximate surface area is 94.3 Å². The summed E-state index contributed by atoms with van der Waals surface area (Å²) in [6, 6.07) is 0. The Morgan fingerprint density at radius 1 is 1.53 bits per heavy atom. The molecular weight excluding hydrogens is 270 g/mol. The minimum Gasteiger partial charge on any atom is -0.293 e. The van der Waals surface area contributed by atoms with Gasteiger partial charge in [0.05, 0.1) is 18.6 Å². The molecule has 1 aromatic rings. The molecule has 0 unspecified atom stereocenters. The van der Waals surface area contributed by atoms with Crippen molar-refractivity contribution >= 4 is 15.9 Å². The maximum atomic E-state index is 12.1. The Kier molecular flexibility index (Phi) is 3.96. The van der Waals surface area contributed by atoms with Crippen molar-refractivity contribution in [2.75, 3.05) is 0 Å². The molecular formula is C9H11BrF2N2O. The fourth-order valence-electron chi connectivity index (χ4n) is 1.16. The smallest absolute Gasteiger partial charge is 0.268 e. The van der Waals surface area contributed by atoms with Gasteiger partial charge in [-0.3, -0.25) is 9.36 Å². The van der Waals surface area contributed by atoms with Gasteiger partial charge in [0.25, 0.3) is 12.0 Å². The SMILES string of the molecule is CC(C)c1ncn(CC(F)F)c(=O)c1Br. The van der Waals surface area contributed by atoms with Crippen molar-refractivity contribution in [3.8, 4) is 0 Å². The Morgan fingerprint density at radius 3 is 2.60 bits per heavy atom. The molecule has 0 saturated carbocycles. The van der Waals surface area contributed by atoms with Crippen LogP contribution in [0.1, 0.15) is 25.5 Å². The molecule has 15 heavy (non-hydrogen) atoms. The lowest BCUT2D eigenvalue weighted by Gasteiger charge is -2.09. The first-order valence-electron chi connectivity index (χ1n) is 4.46. The van der Waals surface area contributed by atoms with E-state index in [9.17, 15) is 13.6 Å². The molecule has 0 radical (unpaired) electrons. The fourth-order valence-corrected chi connectivity index (χ4v) is 1.95. The fraction of sp³-hybridized carbons (Fsp3) is 0.556. The molecule has 0 N–H and O–H groups in total. The van der Waals surface area contributed by atoms with E-state index in [4.69, 9.17) is 0 Å². The van der Waals surface area contributed by atoms with Crippen LogP contribution in [0.15, 0.2) is 15.6 Å². The summed E-state index contributed by atoms with van der Waals surface area (Å²) < 4.78 is 25.3. The molecule has 1 rings (SSSR count). The molecule has 0 aliphatic rings. The van der Waals surface area contributed by atoms with Gasteiger partial charge in [0, 0.05) is 0 Å². The third-order valence-electron chi connectivity index (χ3n) is 1.89. The lowest BCUT2D eigenvalue weighted by Crippen LogP contribution is -2.25. The Morgan fingerprint density at radius 2 is 2.13 bits per heavy atom. The van der Waals surface area contributed by atoms with Crippen molar-refractivity contribution in [2.45, 2.75) is 32.7 Å². The van der Waals surface area contributed by atoms with Crippen molar-refractivity contribution in [1.29, 1.82) is 0 Å². The van der Waals surface area contributed by atoms with E-state index in [1.54, 1.807) is 0 Å². The van der Waals surface area contributed by atoms with E-state index in [1.165, 1.54) is 0 Å². The van der Waals surface area contributed by atoms with Gasteiger partial charge in [-0.15, -0.1) is 0 Å². The van der Waals surface area contributed by atoms with E-state index in [0.29, 0.717) is 5.69 Å². The molecule has 0 amide bonds. The highest BCUT2D eigenvalue weighted by molar-refractivity contribution is 9.10. The zero-order valence-corrected chi connectivity index (χ0v) is 9.96. The molecule has 0 spiro atoms. The lowest BCUT2D eigenvalue weighted by molar-refractivity contribution is 0.124. The van der Waals surface area contributed by atoms with Crippen LogP contribution >= 0.6 is 15.9 Å². The van der Waals surface area contributed by atoms with Crippen molar-refractivity contribution in [1.82, 2.24) is 9.55 Å². The largest absolute Gasteiger partial charge is 0.293 e. The summed E-state index contributed by atoms with van der Waals surface area (Å²) >= 11 is 3.08. The van der Waals surface area contributed by atoms with Crippen LogP contribution in [-0.4, -0.2) is 16.0 Å². The summed E-state index contributed by atoms with van der Waals surface area (Å²) in [7, 11) is 0. The molecule has 0 saturated heterocycles. The second-order valence-corrected chi connectivity index (χ2v) is 4.24. The van der Waals surface area contributed by atoms with Gasteiger partial charge in [0.2, 0.25) is 0 Å². The minimum absolute atomic E-state index is 0.0771. The number of hydrogen-bond donors (Lipinski definition) is 0. The molecule has 0 atom stereocenters. The maximum Gasteiger partial charge on any atom is 0.268 e. The van der Waals surface area contributed by atoms with Gasteiger partial charge in [0.15, 0.2) is 0 Å². The van der Waals surface area contributed by atoms with Crippen molar-refractivity contribution in [2.24, 2.45) is 0 Å². The second-order valence-electron chi connectivity index (χ2n) is 3.45. The highest BCUT2D eigenvalue weighted by Gasteiger charge is 2.13. The molecule has 0 aromatic carbocycles. The van der Waals surface area contributed by atoms with Gasteiger partial charge in [-0.1, -0.05) is 13.8 Å². The summed E-state index contributed by atoms with van der Waals surface area (Å²) in [4.78, 5) is 15.5. The zero-order chi connectivity index (χ0) is 11.6. The van der Waals surface area contributed by atoms with Crippen molar-refractivity contribution in [3.05, 3.63) is 26.8 Å². The molecule has 6 heteroatoms. The van der Waals surface area contributed by atoms with Crippen LogP contribution in [0.4, 0.5) is 8.78 Å². The van der Waals surface area contributed by atoms with Crippen LogP contribution in [0, 0.1) is 0 Å². The van der Waals surface area contributed by atoms with E-state index in [-0.39, 0.29) is 10.4 Å². The van der Waals surface area contributed by atoms with E-state index in [0.717, 1.165) is 10.9 Å². The molecule has 0 aliphatic carbocycles. The normalized spacial score (nSPS) is 11.4. The van der Waals surface area contributed by atoms with E-state index in [1.807, 2.05) is 13.8 Å². The van der Waals surface area contributed by atoms with Crippen molar-refractivity contribution < 1.29 is 8.78 Å². The third-order valence-corrected chi connectivity index (χ3v) is 2.64. The Balaban J connectivity index is 3.16. The number of rotatable bonds is 3.